The molecule has 1 aliphatic heterocycles. The number of urea groups is 1. The van der Waals surface area contributed by atoms with Gasteiger partial charge in [-0.05, 0) is 83.0 Å². The number of nitrogens with one attached hydrogen (secondary N) is 1. The van der Waals surface area contributed by atoms with Crippen molar-refractivity contribution in [2.24, 2.45) is 0 Å². The first-order chi connectivity index (χ1) is 17.3. The van der Waals surface area contributed by atoms with Gasteiger partial charge in [0.05, 0.1) is 16.8 Å². The Morgan fingerprint density at radius 2 is 1.72 bits per heavy atom. The van der Waals surface area contributed by atoms with E-state index in [2.05, 4.69) is 21.2 Å². The molecule has 0 aromatic heterocycles. The van der Waals surface area contributed by atoms with Crippen LogP contribution in [0.2, 0.25) is 10.0 Å². The first-order valence-corrected chi connectivity index (χ1v) is 12.3. The number of nitrogens with zero attached hydrogens (tertiary/aromatic N) is 1. The van der Waals surface area contributed by atoms with E-state index < -0.39 is 17.8 Å². The van der Waals surface area contributed by atoms with E-state index in [0.717, 1.165) is 10.5 Å². The molecule has 184 valence electrons. The first kappa shape index (κ1) is 25.8. The Kier molecular flexibility index (Phi) is 7.98. The molecule has 10 heteroatoms. The standard InChI is InChI=1S/C26H19BrCl2N2O5/c1-2-35-19-8-6-18(7-9-19)31-25(33)20(24(32)30-26(31)34)11-15-3-10-23(21(27)12-15)36-14-16-4-5-17(28)13-22(16)29/h3-13H,2,14H2,1H3,(H,30,32,34)/b20-11+. The summed E-state index contributed by atoms with van der Waals surface area (Å²) >= 11 is 15.6. The molecule has 3 aromatic carbocycles. The highest BCUT2D eigenvalue weighted by Crippen LogP contribution is 2.30. The molecule has 36 heavy (non-hydrogen) atoms. The number of rotatable bonds is 7. The Hall–Kier alpha value is -3.33. The number of halogens is 3. The fourth-order valence-electron chi connectivity index (χ4n) is 3.43. The lowest BCUT2D eigenvalue weighted by atomic mass is 10.1. The Balaban J connectivity index is 1.54. The molecule has 0 unspecified atom stereocenters. The molecule has 1 saturated heterocycles. The number of barbiturate groups is 1. The normalized spacial score (nSPS) is 14.7. The minimum atomic E-state index is -0.822. The van der Waals surface area contributed by atoms with E-state index in [4.69, 9.17) is 32.7 Å². The van der Waals surface area contributed by atoms with Gasteiger partial charge in [-0.2, -0.15) is 0 Å². The summed E-state index contributed by atoms with van der Waals surface area (Å²) in [5.74, 6) is -0.375. The molecule has 0 atom stereocenters. The molecule has 3 aromatic rings. The van der Waals surface area contributed by atoms with Gasteiger partial charge in [0.1, 0.15) is 23.7 Å². The molecule has 1 heterocycles. The largest absolute Gasteiger partial charge is 0.494 e. The number of hydrogen-bond acceptors (Lipinski definition) is 5. The molecule has 4 rings (SSSR count). The van der Waals surface area contributed by atoms with E-state index in [1.807, 2.05) is 6.92 Å². The maximum Gasteiger partial charge on any atom is 0.335 e. The molecule has 0 aliphatic carbocycles. The minimum Gasteiger partial charge on any atom is -0.494 e. The smallest absolute Gasteiger partial charge is 0.335 e. The van der Waals surface area contributed by atoms with E-state index in [1.54, 1.807) is 60.7 Å². The molecule has 0 radical (unpaired) electrons. The maximum absolute atomic E-state index is 13.1. The number of carbonyl (C=O) groups is 3. The Labute approximate surface area is 225 Å². The van der Waals surface area contributed by atoms with Crippen LogP contribution in [0.15, 0.2) is 70.7 Å². The van der Waals surface area contributed by atoms with Gasteiger partial charge in [0.2, 0.25) is 0 Å². The van der Waals surface area contributed by atoms with E-state index in [9.17, 15) is 14.4 Å². The van der Waals surface area contributed by atoms with Gasteiger partial charge in [0.15, 0.2) is 0 Å². The van der Waals surface area contributed by atoms with Gasteiger partial charge < -0.3 is 9.47 Å². The van der Waals surface area contributed by atoms with Crippen LogP contribution in [0, 0.1) is 0 Å². The Morgan fingerprint density at radius 3 is 2.39 bits per heavy atom. The number of amides is 4. The molecule has 1 aliphatic rings. The monoisotopic (exact) mass is 588 g/mol. The van der Waals surface area contributed by atoms with Crippen molar-refractivity contribution in [3.05, 3.63) is 91.9 Å². The third-order valence-electron chi connectivity index (χ3n) is 5.17. The lowest BCUT2D eigenvalue weighted by Gasteiger charge is -2.26. The molecular formula is C26H19BrCl2N2O5. The van der Waals surface area contributed by atoms with Crippen LogP contribution in [0.3, 0.4) is 0 Å². The number of imide groups is 2. The zero-order valence-corrected chi connectivity index (χ0v) is 22.0. The summed E-state index contributed by atoms with van der Waals surface area (Å²) in [6.07, 6.45) is 1.41. The Morgan fingerprint density at radius 1 is 0.972 bits per heavy atom. The van der Waals surface area contributed by atoms with Crippen LogP contribution in [0.25, 0.3) is 6.08 Å². The summed E-state index contributed by atoms with van der Waals surface area (Å²) in [5.41, 5.74) is 1.45. The predicted molar refractivity (Wildman–Crippen MR) is 142 cm³/mol. The van der Waals surface area contributed by atoms with Gasteiger partial charge in [-0.25, -0.2) is 9.69 Å². The zero-order chi connectivity index (χ0) is 25.8. The van der Waals surface area contributed by atoms with Gasteiger partial charge in [-0.3, -0.25) is 14.9 Å². The lowest BCUT2D eigenvalue weighted by Crippen LogP contribution is -2.54. The van der Waals surface area contributed by atoms with Crippen LogP contribution in [0.5, 0.6) is 11.5 Å². The van der Waals surface area contributed by atoms with Gasteiger partial charge in [0, 0.05) is 15.6 Å². The number of hydrogen-bond donors (Lipinski definition) is 1. The molecular weight excluding hydrogens is 571 g/mol. The fourth-order valence-corrected chi connectivity index (χ4v) is 4.41. The molecule has 0 saturated carbocycles. The van der Waals surface area contributed by atoms with Crippen molar-refractivity contribution < 1.29 is 23.9 Å². The summed E-state index contributed by atoms with van der Waals surface area (Å²) in [7, 11) is 0. The van der Waals surface area contributed by atoms with Crippen LogP contribution >= 0.6 is 39.1 Å². The summed E-state index contributed by atoms with van der Waals surface area (Å²) < 4.78 is 11.8. The highest BCUT2D eigenvalue weighted by atomic mass is 79.9. The summed E-state index contributed by atoms with van der Waals surface area (Å²) in [4.78, 5) is 38.9. The van der Waals surface area contributed by atoms with Crippen molar-refractivity contribution in [1.29, 1.82) is 0 Å². The third-order valence-corrected chi connectivity index (χ3v) is 6.38. The number of anilines is 1. The minimum absolute atomic E-state index is 0.183. The SMILES string of the molecule is CCOc1ccc(N2C(=O)NC(=O)/C(=C\c3ccc(OCc4ccc(Cl)cc4Cl)c(Br)c3)C2=O)cc1. The molecule has 1 fully saturated rings. The van der Waals surface area contributed by atoms with Crippen molar-refractivity contribution in [1.82, 2.24) is 5.32 Å². The lowest BCUT2D eigenvalue weighted by molar-refractivity contribution is -0.122. The van der Waals surface area contributed by atoms with E-state index in [-0.39, 0.29) is 12.2 Å². The summed E-state index contributed by atoms with van der Waals surface area (Å²) in [6.45, 7) is 2.55. The highest BCUT2D eigenvalue weighted by molar-refractivity contribution is 9.10. The zero-order valence-electron chi connectivity index (χ0n) is 18.9. The van der Waals surface area contributed by atoms with Gasteiger partial charge in [-0.1, -0.05) is 35.3 Å². The summed E-state index contributed by atoms with van der Waals surface area (Å²) in [6, 6.07) is 15.8. The van der Waals surface area contributed by atoms with Gasteiger partial charge in [0.25, 0.3) is 11.8 Å². The average Bonchev–Trinajstić information content (AvgIpc) is 2.83. The van der Waals surface area contributed by atoms with Crippen molar-refractivity contribution >= 4 is 68.7 Å². The first-order valence-electron chi connectivity index (χ1n) is 10.8. The molecule has 7 nitrogen and oxygen atoms in total. The van der Waals surface area contributed by atoms with Gasteiger partial charge >= 0.3 is 6.03 Å². The van der Waals surface area contributed by atoms with Crippen LogP contribution in [-0.2, 0) is 16.2 Å². The van der Waals surface area contributed by atoms with Crippen molar-refractivity contribution in [2.45, 2.75) is 13.5 Å². The number of benzene rings is 3. The molecule has 4 amide bonds. The maximum atomic E-state index is 13.1. The number of carbonyl (C=O) groups excluding carboxylic acids is 3. The number of ether oxygens (including phenoxy) is 2. The van der Waals surface area contributed by atoms with Crippen molar-refractivity contribution in [3.63, 3.8) is 0 Å². The average molecular weight is 590 g/mol. The van der Waals surface area contributed by atoms with E-state index >= 15 is 0 Å². The molecule has 0 bridgehead atoms. The van der Waals surface area contributed by atoms with Crippen LogP contribution < -0.4 is 19.7 Å². The summed E-state index contributed by atoms with van der Waals surface area (Å²) in [5, 5.41) is 3.24. The van der Waals surface area contributed by atoms with Gasteiger partial charge in [-0.15, -0.1) is 0 Å². The highest BCUT2D eigenvalue weighted by Gasteiger charge is 2.36. The Bertz CT molecular complexity index is 1380. The van der Waals surface area contributed by atoms with Crippen LogP contribution in [0.1, 0.15) is 18.1 Å². The molecule has 0 spiro atoms. The van der Waals surface area contributed by atoms with Crippen LogP contribution in [-0.4, -0.2) is 24.5 Å². The topological polar surface area (TPSA) is 84.9 Å². The van der Waals surface area contributed by atoms with Crippen molar-refractivity contribution in [2.75, 3.05) is 11.5 Å². The molecule has 1 N–H and O–H groups in total. The quantitative estimate of drug-likeness (QED) is 0.255. The third kappa shape index (κ3) is 5.73. The van der Waals surface area contributed by atoms with Crippen molar-refractivity contribution in [3.8, 4) is 11.5 Å². The predicted octanol–water partition coefficient (Wildman–Crippen LogP) is 6.40. The fraction of sp³-hybridized carbons (Fsp3) is 0.115. The van der Waals surface area contributed by atoms with Crippen LogP contribution in [0.4, 0.5) is 10.5 Å². The van der Waals surface area contributed by atoms with E-state index in [1.165, 1.54) is 6.08 Å². The second-order valence-corrected chi connectivity index (χ2v) is 9.30. The second-order valence-electron chi connectivity index (χ2n) is 7.60. The second kappa shape index (κ2) is 11.2. The van der Waals surface area contributed by atoms with E-state index in [0.29, 0.717) is 43.9 Å².